The molecule has 0 saturated carbocycles. The van der Waals surface area contributed by atoms with Crippen LogP contribution in [0, 0.1) is 0 Å². The minimum Gasteiger partial charge on any atom is -0.478 e. The van der Waals surface area contributed by atoms with Gasteiger partial charge in [-0.3, -0.25) is 0 Å². The zero-order chi connectivity index (χ0) is 78.9. The van der Waals surface area contributed by atoms with Crippen molar-refractivity contribution in [3.63, 3.8) is 0 Å². The molecule has 5 aromatic carbocycles. The molecule has 0 spiro atoms. The largest absolute Gasteiger partial charge is 0.478 e. The summed E-state index contributed by atoms with van der Waals surface area (Å²) in [4.78, 5) is 69.5. The summed E-state index contributed by atoms with van der Waals surface area (Å²) in [5, 5.41) is 56.8. The highest BCUT2D eigenvalue weighted by Crippen LogP contribution is 2.38. The van der Waals surface area contributed by atoms with Gasteiger partial charge in [0.1, 0.15) is 0 Å². The van der Waals surface area contributed by atoms with Gasteiger partial charge in [0.15, 0.2) is 0 Å². The van der Waals surface area contributed by atoms with Crippen molar-refractivity contribution in [3.8, 4) is 0 Å². The van der Waals surface area contributed by atoms with Crippen LogP contribution in [0.1, 0.15) is 491 Å². The van der Waals surface area contributed by atoms with E-state index in [4.69, 9.17) is 0 Å². The molecule has 0 unspecified atom stereocenters. The minimum absolute atomic E-state index is 0.130. The van der Waals surface area contributed by atoms with Crippen LogP contribution in [0.5, 0.6) is 0 Å². The van der Waals surface area contributed by atoms with Gasteiger partial charge < -0.3 is 25.5 Å². The Morgan fingerprint density at radius 1 is 0.182 bits per heavy atom. The number of hydrogen-bond donors (Lipinski definition) is 5. The molecule has 610 valence electrons. The molecular weight excluding hydrogens is 1360 g/mol. The third kappa shape index (κ3) is 34.0. The van der Waals surface area contributed by atoms with E-state index in [0.29, 0.717) is 32.1 Å². The highest BCUT2D eigenvalue weighted by molar-refractivity contribution is 5.91. The van der Waals surface area contributed by atoms with Gasteiger partial charge in [-0.15, -0.1) is 0 Å². The van der Waals surface area contributed by atoms with Crippen molar-refractivity contribution in [1.29, 1.82) is 0 Å². The molecule has 110 heavy (non-hydrogen) atoms. The van der Waals surface area contributed by atoms with Crippen LogP contribution in [0.2, 0.25) is 0 Å². The van der Waals surface area contributed by atoms with E-state index in [-0.39, 0.29) is 59.9 Å². The Hall–Kier alpha value is -6.55. The third-order valence-corrected chi connectivity index (χ3v) is 24.2. The molecule has 1 aliphatic carbocycles. The Kier molecular flexibility index (Phi) is 46.2. The summed E-state index contributed by atoms with van der Waals surface area (Å²) in [5.74, 6) is -5.36. The molecule has 10 heteroatoms. The maximum Gasteiger partial charge on any atom is 0.335 e. The van der Waals surface area contributed by atoms with Crippen LogP contribution in [-0.2, 0) is 64.2 Å². The van der Waals surface area contributed by atoms with E-state index < -0.39 is 29.8 Å². The fraction of sp³-hybridized carbons (Fsp3) is 0.650. The monoisotopic (exact) mass is 1510 g/mol. The second kappa shape index (κ2) is 55.0. The second-order valence-electron chi connectivity index (χ2n) is 33.4. The molecule has 0 fully saturated rings. The maximum atomic E-state index is 13.9. The van der Waals surface area contributed by atoms with Crippen molar-refractivity contribution in [2.45, 2.75) is 420 Å². The van der Waals surface area contributed by atoms with Crippen LogP contribution in [0.3, 0.4) is 0 Å². The number of aromatic carboxylic acids is 5. The third-order valence-electron chi connectivity index (χ3n) is 24.2. The summed E-state index contributed by atoms with van der Waals surface area (Å²) >= 11 is 0. The van der Waals surface area contributed by atoms with Gasteiger partial charge in [-0.2, -0.15) is 0 Å². The van der Waals surface area contributed by atoms with Crippen molar-refractivity contribution in [2.24, 2.45) is 0 Å². The first-order chi connectivity index (χ1) is 53.6. The zero-order valence-electron chi connectivity index (χ0n) is 70.0. The SMILES string of the molecule is CCCCCCCCCCCCc1c2cc(C(=O)O)cc1Cc1cc(C(=O)O)cc(c1CCCCCCCCCCCC)Cc1cc(C(=O)O)cc(c1CCCCCCCCCCCC)Cc1cc(C(=O)O)cc(c1CCCCCCCCCCCC)Cc1cc(C(=O)O)cc(c1CCCCCCCCCCCC)C2. The Morgan fingerprint density at radius 3 is 0.382 bits per heavy atom. The van der Waals surface area contributed by atoms with Gasteiger partial charge in [0.05, 0.1) is 27.8 Å². The van der Waals surface area contributed by atoms with Gasteiger partial charge in [0.25, 0.3) is 0 Å². The number of unbranched alkanes of at least 4 members (excludes halogenated alkanes) is 45. The zero-order valence-corrected chi connectivity index (χ0v) is 70.0. The molecule has 10 nitrogen and oxygen atoms in total. The average Bonchev–Trinajstić information content (AvgIpc) is 0.775. The Morgan fingerprint density at radius 2 is 0.282 bits per heavy atom. The van der Waals surface area contributed by atoms with Crippen LogP contribution in [0.25, 0.3) is 0 Å². The van der Waals surface area contributed by atoms with Crippen molar-refractivity contribution in [3.05, 3.63) is 172 Å². The topological polar surface area (TPSA) is 186 Å². The highest BCUT2D eigenvalue weighted by Gasteiger charge is 2.27. The summed E-state index contributed by atoms with van der Waals surface area (Å²) in [5.41, 5.74) is 14.1. The van der Waals surface area contributed by atoms with Gasteiger partial charge in [0, 0.05) is 0 Å². The number of fused-ring (bicyclic) bond motifs is 10. The minimum atomic E-state index is -1.07. The normalized spacial score (nSPS) is 12.2. The van der Waals surface area contributed by atoms with E-state index in [1.165, 1.54) is 193 Å². The lowest BCUT2D eigenvalue weighted by atomic mass is 9.80. The molecule has 0 heterocycles. The summed E-state index contributed by atoms with van der Waals surface area (Å²) in [6.07, 6.45) is 62.0. The van der Waals surface area contributed by atoms with Crippen LogP contribution < -0.4 is 0 Å². The Balaban J connectivity index is 1.67. The van der Waals surface area contributed by atoms with Gasteiger partial charge in [0.2, 0.25) is 0 Å². The van der Waals surface area contributed by atoms with Crippen molar-refractivity contribution < 1.29 is 49.5 Å². The predicted molar refractivity (Wildman–Crippen MR) is 459 cm³/mol. The number of benzene rings is 5. The van der Waals surface area contributed by atoms with E-state index >= 15 is 0 Å². The second-order valence-corrected chi connectivity index (χ2v) is 33.4. The van der Waals surface area contributed by atoms with Gasteiger partial charge in [-0.25, -0.2) is 24.0 Å². The van der Waals surface area contributed by atoms with Gasteiger partial charge in [-0.1, -0.05) is 324 Å². The summed E-state index contributed by atoms with van der Waals surface area (Å²) in [7, 11) is 0. The molecule has 6 rings (SSSR count). The smallest absolute Gasteiger partial charge is 0.335 e. The first kappa shape index (κ1) is 92.3. The summed E-state index contributed by atoms with van der Waals surface area (Å²) in [6, 6.07) is 18.3. The Labute approximate surface area is 667 Å². The molecule has 0 aromatic heterocycles. The predicted octanol–water partition coefficient (Wildman–Crippen LogP) is 28.8. The van der Waals surface area contributed by atoms with Gasteiger partial charge in [-0.05, 0) is 240 Å². The molecule has 0 amide bonds. The lowest BCUT2D eigenvalue weighted by Crippen LogP contribution is -2.14. The first-order valence-electron chi connectivity index (χ1n) is 45.5. The lowest BCUT2D eigenvalue weighted by Gasteiger charge is -2.24. The molecule has 5 N–H and O–H groups in total. The maximum absolute atomic E-state index is 13.9. The average molecular weight is 1510 g/mol. The number of carbonyl (C=O) groups is 5. The molecule has 10 bridgehead atoms. The molecule has 5 aromatic rings. The number of hydrogen-bond acceptors (Lipinski definition) is 5. The van der Waals surface area contributed by atoms with E-state index in [1.807, 2.05) is 60.7 Å². The highest BCUT2D eigenvalue weighted by atomic mass is 16.4. The van der Waals surface area contributed by atoms with E-state index in [2.05, 4.69) is 34.6 Å². The molecule has 1 aliphatic rings. The summed E-state index contributed by atoms with van der Waals surface area (Å²) in [6.45, 7) is 11.3. The van der Waals surface area contributed by atoms with E-state index in [9.17, 15) is 49.5 Å². The van der Waals surface area contributed by atoms with Crippen LogP contribution in [-0.4, -0.2) is 55.4 Å². The fourth-order valence-electron chi connectivity index (χ4n) is 17.8. The van der Waals surface area contributed by atoms with Crippen LogP contribution in [0.4, 0.5) is 0 Å². The van der Waals surface area contributed by atoms with E-state index in [1.54, 1.807) is 0 Å². The van der Waals surface area contributed by atoms with E-state index in [0.717, 1.165) is 212 Å². The lowest BCUT2D eigenvalue weighted by molar-refractivity contribution is 0.0685. The van der Waals surface area contributed by atoms with Crippen LogP contribution >= 0.6 is 0 Å². The molecular formula is C100H150O10. The van der Waals surface area contributed by atoms with Gasteiger partial charge >= 0.3 is 29.8 Å². The molecule has 0 saturated heterocycles. The number of carboxylic acid groups (broad SMARTS) is 5. The molecule has 0 aliphatic heterocycles. The molecule has 0 atom stereocenters. The van der Waals surface area contributed by atoms with Crippen molar-refractivity contribution in [2.75, 3.05) is 0 Å². The molecule has 0 radical (unpaired) electrons. The fourth-order valence-corrected chi connectivity index (χ4v) is 17.8. The van der Waals surface area contributed by atoms with Crippen LogP contribution in [0.15, 0.2) is 60.7 Å². The standard InChI is InChI=1S/C100H150O10/c1-6-11-16-21-26-31-36-41-46-51-56-91-76-61-78-68-87(97(103)104)70-80(92(78)57-52-47-42-37-32-27-22-17-12-7-2)63-82-72-89(99(107)108)74-84(94(82)59-54-49-44-39-34-29-24-19-14-9-4)65-85-75-90(100(109)110)73-83(95(85)60-55-50-45-40-35-30-25-20-15-10-5)64-81-71-88(98(105)106)69-79(62-77(91)67-86(66-76)96(101)102)93(81)58-53-48-43-38-33-28-23-18-13-8-3/h66-75H,6-65H2,1-5H3,(H,101,102)(H,103,104)(H,105,106)(H,107,108)(H,109,110). The van der Waals surface area contributed by atoms with Crippen molar-refractivity contribution >= 4 is 29.8 Å². The Bertz CT molecular complexity index is 2870. The first-order valence-corrected chi connectivity index (χ1v) is 45.5. The number of rotatable bonds is 60. The number of carboxylic acids is 5. The van der Waals surface area contributed by atoms with Crippen molar-refractivity contribution in [1.82, 2.24) is 0 Å². The quantitative estimate of drug-likeness (QED) is 0.0230. The summed E-state index contributed by atoms with van der Waals surface area (Å²) < 4.78 is 0.